The molecule has 2 aromatic carbocycles. The number of rotatable bonds is 6. The van der Waals surface area contributed by atoms with Gasteiger partial charge in [-0.2, -0.15) is 0 Å². The number of carbonyl (C=O) groups excluding carboxylic acids is 2. The Morgan fingerprint density at radius 1 is 0.885 bits per heavy atom. The van der Waals surface area contributed by atoms with Crippen molar-refractivity contribution in [1.29, 1.82) is 0 Å². The molecule has 1 aromatic heterocycles. The lowest BCUT2D eigenvalue weighted by Crippen LogP contribution is -2.20. The second kappa shape index (κ2) is 8.16. The van der Waals surface area contributed by atoms with Gasteiger partial charge in [-0.15, -0.1) is 0 Å². The molecule has 2 amide bonds. The van der Waals surface area contributed by atoms with Gasteiger partial charge in [0, 0.05) is 11.4 Å². The van der Waals surface area contributed by atoms with Crippen LogP contribution in [0.1, 0.15) is 35.4 Å². The Hall–Kier alpha value is -3.34. The van der Waals surface area contributed by atoms with E-state index < -0.39 is 0 Å². The lowest BCUT2D eigenvalue weighted by molar-refractivity contribution is -0.117. The first-order valence-electron chi connectivity index (χ1n) is 8.48. The first-order chi connectivity index (χ1) is 12.7. The molecule has 0 aliphatic heterocycles. The molecule has 1 unspecified atom stereocenters. The molecular formula is C21H20N2O3. The zero-order valence-corrected chi connectivity index (χ0v) is 14.4. The van der Waals surface area contributed by atoms with E-state index in [4.69, 9.17) is 4.42 Å². The van der Waals surface area contributed by atoms with E-state index in [0.717, 1.165) is 5.56 Å². The number of amides is 2. The Morgan fingerprint density at radius 2 is 1.54 bits per heavy atom. The number of furan rings is 1. The third kappa shape index (κ3) is 4.19. The van der Waals surface area contributed by atoms with Gasteiger partial charge in [0.25, 0.3) is 5.91 Å². The van der Waals surface area contributed by atoms with Crippen LogP contribution in [0.15, 0.2) is 77.4 Å². The summed E-state index contributed by atoms with van der Waals surface area (Å²) in [6, 6.07) is 20.0. The largest absolute Gasteiger partial charge is 0.459 e. The van der Waals surface area contributed by atoms with E-state index in [1.807, 2.05) is 37.3 Å². The van der Waals surface area contributed by atoms with Crippen molar-refractivity contribution in [3.05, 3.63) is 84.3 Å². The Kier molecular flexibility index (Phi) is 5.49. The second-order valence-electron chi connectivity index (χ2n) is 5.87. The first-order valence-corrected chi connectivity index (χ1v) is 8.48. The third-order valence-electron chi connectivity index (χ3n) is 4.08. The summed E-state index contributed by atoms with van der Waals surface area (Å²) >= 11 is 0. The Balaban J connectivity index is 1.63. The van der Waals surface area contributed by atoms with Crippen molar-refractivity contribution in [1.82, 2.24) is 0 Å². The fourth-order valence-corrected chi connectivity index (χ4v) is 2.72. The van der Waals surface area contributed by atoms with Crippen LogP contribution in [-0.4, -0.2) is 11.8 Å². The maximum absolute atomic E-state index is 12.6. The van der Waals surface area contributed by atoms with Crippen LogP contribution < -0.4 is 10.6 Å². The first kappa shape index (κ1) is 17.5. The van der Waals surface area contributed by atoms with E-state index in [2.05, 4.69) is 10.6 Å². The van der Waals surface area contributed by atoms with Gasteiger partial charge in [0.2, 0.25) is 5.91 Å². The number of nitrogens with one attached hydrogen (secondary N) is 2. The summed E-state index contributed by atoms with van der Waals surface area (Å²) in [4.78, 5) is 24.5. The molecule has 3 aromatic rings. The summed E-state index contributed by atoms with van der Waals surface area (Å²) in [5.41, 5.74) is 2.30. The monoisotopic (exact) mass is 348 g/mol. The van der Waals surface area contributed by atoms with Crippen molar-refractivity contribution in [3.8, 4) is 0 Å². The number of anilines is 2. The molecule has 26 heavy (non-hydrogen) atoms. The molecule has 0 aliphatic carbocycles. The van der Waals surface area contributed by atoms with Crippen LogP contribution in [0.3, 0.4) is 0 Å². The summed E-state index contributed by atoms with van der Waals surface area (Å²) in [6.45, 7) is 1.99. The summed E-state index contributed by atoms with van der Waals surface area (Å²) in [5, 5.41) is 5.67. The van der Waals surface area contributed by atoms with Gasteiger partial charge in [-0.3, -0.25) is 9.59 Å². The minimum absolute atomic E-state index is 0.0499. The van der Waals surface area contributed by atoms with Gasteiger partial charge in [0.15, 0.2) is 5.76 Å². The molecule has 5 nitrogen and oxygen atoms in total. The van der Waals surface area contributed by atoms with E-state index in [1.54, 1.807) is 36.4 Å². The molecule has 0 radical (unpaired) electrons. The molecule has 2 N–H and O–H groups in total. The lowest BCUT2D eigenvalue weighted by Gasteiger charge is -2.15. The summed E-state index contributed by atoms with van der Waals surface area (Å²) in [5.74, 6) is -0.321. The second-order valence-corrected chi connectivity index (χ2v) is 5.87. The van der Waals surface area contributed by atoms with Crippen LogP contribution in [0.5, 0.6) is 0 Å². The normalized spacial score (nSPS) is 11.6. The van der Waals surface area contributed by atoms with Crippen LogP contribution in [-0.2, 0) is 4.79 Å². The van der Waals surface area contributed by atoms with Crippen molar-refractivity contribution < 1.29 is 14.0 Å². The Morgan fingerprint density at radius 3 is 2.12 bits per heavy atom. The molecule has 1 atom stereocenters. The van der Waals surface area contributed by atoms with Gasteiger partial charge < -0.3 is 15.1 Å². The van der Waals surface area contributed by atoms with Crippen LogP contribution >= 0.6 is 0 Å². The van der Waals surface area contributed by atoms with Crippen LogP contribution in [0.2, 0.25) is 0 Å². The third-order valence-corrected chi connectivity index (χ3v) is 4.08. The maximum atomic E-state index is 12.6. The smallest absolute Gasteiger partial charge is 0.291 e. The van der Waals surface area contributed by atoms with Crippen LogP contribution in [0, 0.1) is 0 Å². The maximum Gasteiger partial charge on any atom is 0.291 e. The topological polar surface area (TPSA) is 71.3 Å². The Bertz CT molecular complexity index is 856. The summed E-state index contributed by atoms with van der Waals surface area (Å²) in [7, 11) is 0. The van der Waals surface area contributed by atoms with Crippen molar-refractivity contribution in [2.24, 2.45) is 0 Å². The lowest BCUT2D eigenvalue weighted by atomic mass is 9.95. The zero-order chi connectivity index (χ0) is 18.4. The molecule has 0 aliphatic rings. The standard InChI is InChI=1S/C21H20N2O3/c1-2-18(15-7-4-3-5-8-15)20(24)22-16-10-12-17(13-11-16)23-21(25)19-9-6-14-26-19/h3-14,18H,2H2,1H3,(H,22,24)(H,23,25). The highest BCUT2D eigenvalue weighted by Gasteiger charge is 2.18. The highest BCUT2D eigenvalue weighted by atomic mass is 16.3. The molecule has 0 fully saturated rings. The molecule has 132 valence electrons. The minimum Gasteiger partial charge on any atom is -0.459 e. The average Bonchev–Trinajstić information content (AvgIpc) is 3.20. The average molecular weight is 348 g/mol. The van der Waals surface area contributed by atoms with E-state index in [0.29, 0.717) is 17.8 Å². The summed E-state index contributed by atoms with van der Waals surface area (Å²) < 4.78 is 5.06. The van der Waals surface area contributed by atoms with Gasteiger partial charge in [-0.05, 0) is 48.4 Å². The van der Waals surface area contributed by atoms with Crippen molar-refractivity contribution in [3.63, 3.8) is 0 Å². The van der Waals surface area contributed by atoms with Gasteiger partial charge in [-0.25, -0.2) is 0 Å². The van der Waals surface area contributed by atoms with E-state index in [9.17, 15) is 9.59 Å². The molecule has 0 bridgehead atoms. The van der Waals surface area contributed by atoms with Crippen LogP contribution in [0.25, 0.3) is 0 Å². The van der Waals surface area contributed by atoms with Crippen LogP contribution in [0.4, 0.5) is 11.4 Å². The van der Waals surface area contributed by atoms with Gasteiger partial charge in [-0.1, -0.05) is 37.3 Å². The number of benzene rings is 2. The van der Waals surface area contributed by atoms with Crippen molar-refractivity contribution >= 4 is 23.2 Å². The van der Waals surface area contributed by atoms with Crippen molar-refractivity contribution in [2.75, 3.05) is 10.6 Å². The van der Waals surface area contributed by atoms with Crippen molar-refractivity contribution in [2.45, 2.75) is 19.3 Å². The zero-order valence-electron chi connectivity index (χ0n) is 14.4. The van der Waals surface area contributed by atoms with E-state index in [1.165, 1.54) is 6.26 Å². The molecule has 1 heterocycles. The molecule has 5 heteroatoms. The van der Waals surface area contributed by atoms with Gasteiger partial charge in [0.05, 0.1) is 12.2 Å². The molecule has 0 spiro atoms. The number of hydrogen-bond acceptors (Lipinski definition) is 3. The fourth-order valence-electron chi connectivity index (χ4n) is 2.72. The van der Waals surface area contributed by atoms with Gasteiger partial charge >= 0.3 is 0 Å². The fraction of sp³-hybridized carbons (Fsp3) is 0.143. The SMILES string of the molecule is CCC(C(=O)Nc1ccc(NC(=O)c2ccco2)cc1)c1ccccc1. The quantitative estimate of drug-likeness (QED) is 0.680. The molecule has 3 rings (SSSR count). The number of hydrogen-bond donors (Lipinski definition) is 2. The minimum atomic E-state index is -0.318. The molecule has 0 saturated carbocycles. The molecule has 0 saturated heterocycles. The highest BCUT2D eigenvalue weighted by Crippen LogP contribution is 2.22. The Labute approximate surface area is 152 Å². The highest BCUT2D eigenvalue weighted by molar-refractivity contribution is 6.02. The summed E-state index contributed by atoms with van der Waals surface area (Å²) in [6.07, 6.45) is 2.16. The predicted octanol–water partition coefficient (Wildman–Crippen LogP) is 4.66. The van der Waals surface area contributed by atoms with E-state index in [-0.39, 0.29) is 23.5 Å². The number of carbonyl (C=O) groups is 2. The van der Waals surface area contributed by atoms with Gasteiger partial charge in [0.1, 0.15) is 0 Å². The van der Waals surface area contributed by atoms with E-state index >= 15 is 0 Å². The molecular weight excluding hydrogens is 328 g/mol. The predicted molar refractivity (Wildman–Crippen MR) is 101 cm³/mol.